The molecule has 0 bridgehead atoms. The fourth-order valence-corrected chi connectivity index (χ4v) is 4.97. The lowest BCUT2D eigenvalue weighted by Gasteiger charge is -2.31. The summed E-state index contributed by atoms with van der Waals surface area (Å²) >= 11 is 0. The van der Waals surface area contributed by atoms with E-state index >= 15 is 0 Å². The second-order valence-corrected chi connectivity index (χ2v) is 8.88. The third kappa shape index (κ3) is 3.66. The molecule has 176 valence electrons. The molecule has 0 saturated carbocycles. The first-order valence-corrected chi connectivity index (χ1v) is 11.6. The molecule has 5 N–H and O–H groups in total. The lowest BCUT2D eigenvalue weighted by molar-refractivity contribution is 0.0711. The second kappa shape index (κ2) is 8.44. The summed E-state index contributed by atoms with van der Waals surface area (Å²) in [6.07, 6.45) is 5.21. The molecule has 9 heteroatoms. The first kappa shape index (κ1) is 21.2. The van der Waals surface area contributed by atoms with Gasteiger partial charge >= 0.3 is 0 Å². The number of piperidine rings is 1. The maximum Gasteiger partial charge on any atom is 0.253 e. The number of anilines is 2. The van der Waals surface area contributed by atoms with E-state index in [1.54, 1.807) is 30.5 Å². The van der Waals surface area contributed by atoms with E-state index in [1.807, 2.05) is 33.7 Å². The van der Waals surface area contributed by atoms with Gasteiger partial charge in [0, 0.05) is 47.9 Å². The van der Waals surface area contributed by atoms with Crippen molar-refractivity contribution in [1.29, 1.82) is 0 Å². The Balaban J connectivity index is 1.29. The van der Waals surface area contributed by atoms with Gasteiger partial charge in [0.2, 0.25) is 0 Å². The van der Waals surface area contributed by atoms with Crippen LogP contribution >= 0.6 is 0 Å². The largest absolute Gasteiger partial charge is 0.382 e. The van der Waals surface area contributed by atoms with Crippen molar-refractivity contribution in [2.45, 2.75) is 18.8 Å². The number of amides is 1. The van der Waals surface area contributed by atoms with Crippen LogP contribution in [-0.2, 0) is 0 Å². The highest BCUT2D eigenvalue weighted by Gasteiger charge is 2.29. The van der Waals surface area contributed by atoms with Crippen LogP contribution in [-0.4, -0.2) is 48.5 Å². The molecule has 0 aliphatic carbocycles. The summed E-state index contributed by atoms with van der Waals surface area (Å²) in [6.45, 7) is 1.28. The molecule has 9 nitrogen and oxygen atoms in total. The summed E-state index contributed by atoms with van der Waals surface area (Å²) in [5.74, 6) is 1.56. The lowest BCUT2D eigenvalue weighted by atomic mass is 9.95. The van der Waals surface area contributed by atoms with Crippen molar-refractivity contribution >= 4 is 33.8 Å². The van der Waals surface area contributed by atoms with E-state index < -0.39 is 0 Å². The number of imidazole rings is 1. The zero-order valence-electron chi connectivity index (χ0n) is 19.0. The van der Waals surface area contributed by atoms with Crippen molar-refractivity contribution in [3.8, 4) is 11.4 Å². The maximum absolute atomic E-state index is 13.0. The van der Waals surface area contributed by atoms with Gasteiger partial charge in [0.05, 0.1) is 11.4 Å². The van der Waals surface area contributed by atoms with Crippen molar-refractivity contribution in [3.05, 3.63) is 78.4 Å². The van der Waals surface area contributed by atoms with E-state index in [1.165, 1.54) is 0 Å². The van der Waals surface area contributed by atoms with Crippen LogP contribution in [0.1, 0.15) is 34.9 Å². The van der Waals surface area contributed by atoms with Gasteiger partial charge in [0.1, 0.15) is 22.9 Å². The van der Waals surface area contributed by atoms with Crippen LogP contribution in [0.15, 0.2) is 67.0 Å². The number of nitrogens with zero attached hydrogens (tertiary/aromatic N) is 4. The third-order valence-corrected chi connectivity index (χ3v) is 6.80. The minimum Gasteiger partial charge on any atom is -0.382 e. The smallest absolute Gasteiger partial charge is 0.253 e. The Morgan fingerprint density at radius 1 is 1.11 bits per heavy atom. The zero-order valence-corrected chi connectivity index (χ0v) is 19.0. The first-order valence-electron chi connectivity index (χ1n) is 11.6. The Kier molecular flexibility index (Phi) is 5.11. The van der Waals surface area contributed by atoms with Gasteiger partial charge in [-0.05, 0) is 49.2 Å². The van der Waals surface area contributed by atoms with Crippen LogP contribution in [0.3, 0.4) is 0 Å². The zero-order chi connectivity index (χ0) is 23.9. The highest BCUT2D eigenvalue weighted by atomic mass is 16.5. The molecule has 1 saturated heterocycles. The molecule has 1 aliphatic heterocycles. The number of rotatable bonds is 4. The van der Waals surface area contributed by atoms with Gasteiger partial charge < -0.3 is 15.6 Å². The molecular formula is C26H25N7O2. The molecule has 4 heterocycles. The summed E-state index contributed by atoms with van der Waals surface area (Å²) in [4.78, 5) is 27.7. The monoisotopic (exact) mass is 467 g/mol. The highest BCUT2D eigenvalue weighted by Crippen LogP contribution is 2.35. The molecule has 1 aliphatic rings. The molecule has 3 aromatic heterocycles. The minimum absolute atomic E-state index is 0.00637. The summed E-state index contributed by atoms with van der Waals surface area (Å²) in [7, 11) is 0. The second-order valence-electron chi connectivity index (χ2n) is 8.88. The maximum atomic E-state index is 13.0. The molecule has 5 aromatic rings. The van der Waals surface area contributed by atoms with Gasteiger partial charge in [-0.3, -0.25) is 19.9 Å². The number of aromatic amines is 1. The molecule has 1 amide bonds. The minimum atomic E-state index is -0.00637. The number of aromatic nitrogens is 4. The van der Waals surface area contributed by atoms with Crippen LogP contribution < -0.4 is 11.2 Å². The average Bonchev–Trinajstić information content (AvgIpc) is 3.51. The molecule has 0 unspecified atom stereocenters. The van der Waals surface area contributed by atoms with Crippen LogP contribution in [0.25, 0.3) is 27.8 Å². The fraction of sp³-hybridized carbons (Fsp3) is 0.192. The average molecular weight is 468 g/mol. The number of benzene rings is 2. The van der Waals surface area contributed by atoms with Crippen molar-refractivity contribution < 1.29 is 10.0 Å². The molecular weight excluding hydrogens is 442 g/mol. The standard InChI is InChI=1S/C26H25N7O2/c27-24-23-22(21-15-18-3-1-2-4-20(18)29-21)30-25(33(23)14-11-28-24)16-9-12-32(13-10-16)26(34)17-5-7-19(31-35)8-6-17/h1-8,11,14-16,29,31,35H,9-10,12-13H2,(H2,27,28). The number of nitrogen functional groups attached to an aromatic ring is 1. The van der Waals surface area contributed by atoms with Crippen LogP contribution in [0.4, 0.5) is 11.5 Å². The van der Waals surface area contributed by atoms with Gasteiger partial charge in [-0.2, -0.15) is 0 Å². The van der Waals surface area contributed by atoms with Crippen molar-refractivity contribution in [2.24, 2.45) is 0 Å². The summed E-state index contributed by atoms with van der Waals surface area (Å²) < 4.78 is 2.05. The molecule has 35 heavy (non-hydrogen) atoms. The number of hydrogen-bond acceptors (Lipinski definition) is 6. The molecule has 2 aromatic carbocycles. The van der Waals surface area contributed by atoms with Gasteiger partial charge in [-0.1, -0.05) is 18.2 Å². The SMILES string of the molecule is Nc1nccn2c(C3CCN(C(=O)c4ccc(NO)cc4)CC3)nc(-c3cc4ccccc4[nH]3)c12. The van der Waals surface area contributed by atoms with Crippen LogP contribution in [0.5, 0.6) is 0 Å². The van der Waals surface area contributed by atoms with Gasteiger partial charge in [-0.15, -0.1) is 0 Å². The highest BCUT2D eigenvalue weighted by molar-refractivity contribution is 5.94. The van der Waals surface area contributed by atoms with Gasteiger partial charge in [0.15, 0.2) is 0 Å². The number of nitrogens with two attached hydrogens (primary N) is 1. The summed E-state index contributed by atoms with van der Waals surface area (Å²) in [5.41, 5.74) is 13.1. The molecule has 6 rings (SSSR count). The molecule has 1 fully saturated rings. The molecule has 0 radical (unpaired) electrons. The molecule has 0 spiro atoms. The number of fused-ring (bicyclic) bond motifs is 2. The Bertz CT molecular complexity index is 1500. The van der Waals surface area contributed by atoms with E-state index in [4.69, 9.17) is 15.9 Å². The normalized spacial score (nSPS) is 14.6. The number of H-pyrrole nitrogens is 1. The van der Waals surface area contributed by atoms with Crippen LogP contribution in [0.2, 0.25) is 0 Å². The molecule has 0 atom stereocenters. The Morgan fingerprint density at radius 3 is 2.63 bits per heavy atom. The Labute approximate surface area is 201 Å². The van der Waals surface area contributed by atoms with E-state index in [-0.39, 0.29) is 11.8 Å². The predicted molar refractivity (Wildman–Crippen MR) is 134 cm³/mol. The van der Waals surface area contributed by atoms with Crippen LogP contribution in [0, 0.1) is 0 Å². The first-order chi connectivity index (χ1) is 17.1. The van der Waals surface area contributed by atoms with E-state index in [2.05, 4.69) is 27.6 Å². The van der Waals surface area contributed by atoms with Crippen molar-refractivity contribution in [1.82, 2.24) is 24.3 Å². The van der Waals surface area contributed by atoms with Gasteiger partial charge in [-0.25, -0.2) is 9.97 Å². The number of para-hydroxylation sites is 1. The van der Waals surface area contributed by atoms with Gasteiger partial charge in [0.25, 0.3) is 5.91 Å². The number of likely N-dealkylation sites (tertiary alicyclic amines) is 1. The number of nitrogens with one attached hydrogen (secondary N) is 2. The quantitative estimate of drug-likeness (QED) is 0.293. The van der Waals surface area contributed by atoms with E-state index in [0.717, 1.165) is 46.5 Å². The number of carbonyl (C=O) groups excluding carboxylic acids is 1. The Hall–Kier alpha value is -4.37. The predicted octanol–water partition coefficient (Wildman–Crippen LogP) is 4.28. The third-order valence-electron chi connectivity index (χ3n) is 6.80. The fourth-order valence-electron chi connectivity index (χ4n) is 4.97. The Morgan fingerprint density at radius 2 is 1.89 bits per heavy atom. The summed E-state index contributed by atoms with van der Waals surface area (Å²) in [5, 5.41) is 10.1. The topological polar surface area (TPSA) is 125 Å². The number of hydrogen-bond donors (Lipinski definition) is 4. The number of carbonyl (C=O) groups is 1. The van der Waals surface area contributed by atoms with E-state index in [0.29, 0.717) is 30.2 Å². The van der Waals surface area contributed by atoms with Crippen molar-refractivity contribution in [3.63, 3.8) is 0 Å². The summed E-state index contributed by atoms with van der Waals surface area (Å²) in [6, 6.07) is 17.0. The van der Waals surface area contributed by atoms with E-state index in [9.17, 15) is 4.79 Å². The van der Waals surface area contributed by atoms with Crippen molar-refractivity contribution in [2.75, 3.05) is 24.3 Å². The lowest BCUT2D eigenvalue weighted by Crippen LogP contribution is -2.38.